The average Bonchev–Trinajstić information content (AvgIpc) is 2.73. The Balaban J connectivity index is 2.25. The number of para-hydroxylation sites is 1. The van der Waals surface area contributed by atoms with Crippen LogP contribution in [0, 0.1) is 0 Å². The van der Waals surface area contributed by atoms with E-state index in [0.29, 0.717) is 5.88 Å². The topological polar surface area (TPSA) is 27.8 Å². The van der Waals surface area contributed by atoms with Gasteiger partial charge in [-0.1, -0.05) is 32.0 Å². The van der Waals surface area contributed by atoms with Crippen LogP contribution in [0.1, 0.15) is 19.4 Å². The number of halogens is 1. The lowest BCUT2D eigenvalue weighted by Gasteiger charge is -2.24. The van der Waals surface area contributed by atoms with E-state index in [1.54, 1.807) is 0 Å². The van der Waals surface area contributed by atoms with Crippen molar-refractivity contribution in [3.63, 3.8) is 0 Å². The summed E-state index contributed by atoms with van der Waals surface area (Å²) in [5.74, 6) is 0.657. The van der Waals surface area contributed by atoms with E-state index in [2.05, 4.69) is 54.6 Å². The van der Waals surface area contributed by atoms with E-state index in [9.17, 15) is 0 Å². The number of aromatic amines is 1. The Morgan fingerprint density at radius 1 is 1.29 bits per heavy atom. The molecule has 17 heavy (non-hydrogen) atoms. The molecular formula is C14H19ClN2. The van der Waals surface area contributed by atoms with Gasteiger partial charge < -0.3 is 10.3 Å². The third-order valence-electron chi connectivity index (χ3n) is 3.16. The minimum Gasteiger partial charge on any atom is -0.361 e. The van der Waals surface area contributed by atoms with Crippen molar-refractivity contribution in [2.45, 2.75) is 19.3 Å². The average molecular weight is 251 g/mol. The van der Waals surface area contributed by atoms with Gasteiger partial charge in [-0.2, -0.15) is 0 Å². The Kier molecular flexibility index (Phi) is 3.75. The van der Waals surface area contributed by atoms with Crippen molar-refractivity contribution in [2.24, 2.45) is 0 Å². The predicted octanol–water partition coefficient (Wildman–Crippen LogP) is 3.27. The van der Waals surface area contributed by atoms with Gasteiger partial charge in [-0.05, 0) is 11.6 Å². The fourth-order valence-corrected chi connectivity index (χ4v) is 2.33. The lowest BCUT2D eigenvalue weighted by atomic mass is 9.84. The highest BCUT2D eigenvalue weighted by Gasteiger charge is 2.23. The third-order valence-corrected chi connectivity index (χ3v) is 3.35. The molecule has 0 spiro atoms. The third kappa shape index (κ3) is 2.64. The molecule has 0 aliphatic heterocycles. The second kappa shape index (κ2) is 5.11. The zero-order valence-electron chi connectivity index (χ0n) is 10.4. The predicted molar refractivity (Wildman–Crippen MR) is 74.9 cm³/mol. The van der Waals surface area contributed by atoms with E-state index in [0.717, 1.165) is 13.1 Å². The van der Waals surface area contributed by atoms with Crippen molar-refractivity contribution in [2.75, 3.05) is 19.0 Å². The molecule has 2 N–H and O–H groups in total. The molecule has 0 aliphatic rings. The van der Waals surface area contributed by atoms with Crippen molar-refractivity contribution < 1.29 is 0 Å². The van der Waals surface area contributed by atoms with Gasteiger partial charge in [0.25, 0.3) is 0 Å². The number of H-pyrrole nitrogens is 1. The van der Waals surface area contributed by atoms with Crippen molar-refractivity contribution in [1.82, 2.24) is 10.3 Å². The molecule has 0 saturated carbocycles. The molecule has 0 radical (unpaired) electrons. The number of alkyl halides is 1. The summed E-state index contributed by atoms with van der Waals surface area (Å²) in [5.41, 5.74) is 2.66. The van der Waals surface area contributed by atoms with Gasteiger partial charge in [0.1, 0.15) is 0 Å². The molecule has 0 bridgehead atoms. The van der Waals surface area contributed by atoms with Gasteiger partial charge in [-0.25, -0.2) is 0 Å². The van der Waals surface area contributed by atoms with Crippen LogP contribution in [0.2, 0.25) is 0 Å². The Bertz CT molecular complexity index is 488. The van der Waals surface area contributed by atoms with Gasteiger partial charge >= 0.3 is 0 Å². The minimum atomic E-state index is 0.103. The molecular weight excluding hydrogens is 232 g/mol. The van der Waals surface area contributed by atoms with Crippen molar-refractivity contribution in [3.05, 3.63) is 36.0 Å². The first-order valence-corrected chi connectivity index (χ1v) is 6.52. The zero-order valence-corrected chi connectivity index (χ0v) is 11.1. The highest BCUT2D eigenvalue weighted by atomic mass is 35.5. The zero-order chi connectivity index (χ0) is 12.3. The fourth-order valence-electron chi connectivity index (χ4n) is 2.19. The monoisotopic (exact) mass is 250 g/mol. The molecule has 1 aromatic heterocycles. The van der Waals surface area contributed by atoms with Crippen molar-refractivity contribution in [3.8, 4) is 0 Å². The number of rotatable bonds is 5. The molecule has 0 unspecified atom stereocenters. The lowest BCUT2D eigenvalue weighted by molar-refractivity contribution is 0.482. The highest BCUT2D eigenvalue weighted by molar-refractivity contribution is 6.18. The molecule has 2 aromatic rings. The fraction of sp³-hybridized carbons (Fsp3) is 0.429. The van der Waals surface area contributed by atoms with Crippen LogP contribution in [0.25, 0.3) is 10.9 Å². The molecule has 0 amide bonds. The SMILES string of the molecule is CC(C)(CNCCCl)c1c[nH]c2ccccc12. The maximum atomic E-state index is 5.68. The molecule has 2 rings (SSSR count). The Labute approximate surface area is 107 Å². The standard InChI is InChI=1S/C14H19ClN2/c1-14(2,10-16-8-7-15)12-9-17-13-6-4-3-5-11(12)13/h3-6,9,16-17H,7-8,10H2,1-2H3. The number of nitrogens with one attached hydrogen (secondary N) is 2. The Morgan fingerprint density at radius 3 is 2.82 bits per heavy atom. The molecule has 92 valence electrons. The van der Waals surface area contributed by atoms with Gasteiger partial charge in [-0.3, -0.25) is 0 Å². The van der Waals surface area contributed by atoms with E-state index < -0.39 is 0 Å². The van der Waals surface area contributed by atoms with Gasteiger partial charge in [0.15, 0.2) is 0 Å². The highest BCUT2D eigenvalue weighted by Crippen LogP contribution is 2.29. The summed E-state index contributed by atoms with van der Waals surface area (Å²) in [5, 5.41) is 4.69. The molecule has 2 nitrogen and oxygen atoms in total. The van der Waals surface area contributed by atoms with Gasteiger partial charge in [-0.15, -0.1) is 11.6 Å². The van der Waals surface area contributed by atoms with E-state index in [1.165, 1.54) is 16.5 Å². The Morgan fingerprint density at radius 2 is 2.06 bits per heavy atom. The largest absolute Gasteiger partial charge is 0.361 e. The lowest BCUT2D eigenvalue weighted by Crippen LogP contribution is -2.33. The first kappa shape index (κ1) is 12.5. The molecule has 1 aromatic carbocycles. The number of aromatic nitrogens is 1. The van der Waals surface area contributed by atoms with E-state index in [4.69, 9.17) is 11.6 Å². The van der Waals surface area contributed by atoms with E-state index >= 15 is 0 Å². The summed E-state index contributed by atoms with van der Waals surface area (Å²) in [4.78, 5) is 3.33. The second-order valence-electron chi connectivity index (χ2n) is 5.00. The number of fused-ring (bicyclic) bond motifs is 1. The van der Waals surface area contributed by atoms with Crippen LogP contribution in [-0.2, 0) is 5.41 Å². The van der Waals surface area contributed by atoms with E-state index in [-0.39, 0.29) is 5.41 Å². The summed E-state index contributed by atoms with van der Waals surface area (Å²) in [7, 11) is 0. The Hall–Kier alpha value is -0.990. The van der Waals surface area contributed by atoms with Gasteiger partial charge in [0, 0.05) is 41.5 Å². The van der Waals surface area contributed by atoms with E-state index in [1.807, 2.05) is 0 Å². The molecule has 1 heterocycles. The van der Waals surface area contributed by atoms with Crippen LogP contribution in [0.15, 0.2) is 30.5 Å². The first-order chi connectivity index (χ1) is 8.15. The second-order valence-corrected chi connectivity index (χ2v) is 5.38. The molecule has 0 fully saturated rings. The quantitative estimate of drug-likeness (QED) is 0.619. The molecule has 0 atom stereocenters. The minimum absolute atomic E-state index is 0.103. The molecule has 0 saturated heterocycles. The van der Waals surface area contributed by atoms with Crippen LogP contribution < -0.4 is 5.32 Å². The van der Waals surface area contributed by atoms with Crippen LogP contribution in [0.3, 0.4) is 0 Å². The van der Waals surface area contributed by atoms with Crippen LogP contribution >= 0.6 is 11.6 Å². The van der Waals surface area contributed by atoms with Crippen molar-refractivity contribution in [1.29, 1.82) is 0 Å². The van der Waals surface area contributed by atoms with Gasteiger partial charge in [0.05, 0.1) is 0 Å². The summed E-state index contributed by atoms with van der Waals surface area (Å²) in [6, 6.07) is 8.43. The summed E-state index contributed by atoms with van der Waals surface area (Å²) in [6.45, 7) is 6.29. The molecule has 3 heteroatoms. The number of benzene rings is 1. The first-order valence-electron chi connectivity index (χ1n) is 5.98. The smallest absolute Gasteiger partial charge is 0.0457 e. The molecule has 0 aliphatic carbocycles. The number of hydrogen-bond acceptors (Lipinski definition) is 1. The maximum Gasteiger partial charge on any atom is 0.0457 e. The number of hydrogen-bond donors (Lipinski definition) is 2. The normalized spacial score (nSPS) is 12.2. The van der Waals surface area contributed by atoms with Crippen LogP contribution in [0.4, 0.5) is 0 Å². The van der Waals surface area contributed by atoms with Crippen LogP contribution in [0.5, 0.6) is 0 Å². The maximum absolute atomic E-state index is 5.68. The summed E-state index contributed by atoms with van der Waals surface area (Å²) >= 11 is 5.68. The summed E-state index contributed by atoms with van der Waals surface area (Å²) < 4.78 is 0. The van der Waals surface area contributed by atoms with Gasteiger partial charge in [0.2, 0.25) is 0 Å². The van der Waals surface area contributed by atoms with Crippen LogP contribution in [-0.4, -0.2) is 24.0 Å². The van der Waals surface area contributed by atoms with Crippen molar-refractivity contribution >= 4 is 22.5 Å². The summed E-state index contributed by atoms with van der Waals surface area (Å²) in [6.07, 6.45) is 2.12.